The van der Waals surface area contributed by atoms with Crippen molar-refractivity contribution in [3.63, 3.8) is 0 Å². The molecule has 0 saturated carbocycles. The molecule has 0 aliphatic carbocycles. The van der Waals surface area contributed by atoms with Crippen molar-refractivity contribution >= 4 is 17.2 Å². The molecule has 146 valence electrons. The molecule has 1 heterocycles. The van der Waals surface area contributed by atoms with Crippen LogP contribution in [0.25, 0.3) is 11.3 Å². The maximum atomic E-state index is 12.2. The van der Waals surface area contributed by atoms with E-state index in [9.17, 15) is 4.79 Å². The number of nitrogens with zero attached hydrogens (tertiary/aromatic N) is 1. The predicted molar refractivity (Wildman–Crippen MR) is 112 cm³/mol. The van der Waals surface area contributed by atoms with Gasteiger partial charge in [-0.2, -0.15) is 0 Å². The van der Waals surface area contributed by atoms with Gasteiger partial charge in [0.15, 0.2) is 11.5 Å². The van der Waals surface area contributed by atoms with Crippen molar-refractivity contribution in [2.75, 3.05) is 20.8 Å². The number of benzene rings is 2. The highest BCUT2D eigenvalue weighted by atomic mass is 32.1. The van der Waals surface area contributed by atoms with Gasteiger partial charge in [0.1, 0.15) is 0 Å². The Labute approximate surface area is 169 Å². The second-order valence-corrected chi connectivity index (χ2v) is 7.48. The van der Waals surface area contributed by atoms with Crippen LogP contribution < -0.4 is 14.8 Å². The van der Waals surface area contributed by atoms with Crippen LogP contribution in [0, 0.1) is 6.92 Å². The van der Waals surface area contributed by atoms with E-state index in [1.54, 1.807) is 25.6 Å². The molecular weight excluding hydrogens is 372 g/mol. The fourth-order valence-corrected chi connectivity index (χ4v) is 3.54. The van der Waals surface area contributed by atoms with Crippen LogP contribution >= 0.6 is 11.3 Å². The highest BCUT2D eigenvalue weighted by Gasteiger charge is 2.08. The van der Waals surface area contributed by atoms with E-state index in [4.69, 9.17) is 9.47 Å². The Hall–Kier alpha value is -2.86. The van der Waals surface area contributed by atoms with Gasteiger partial charge < -0.3 is 14.8 Å². The number of methoxy groups -OCH3 is 2. The zero-order valence-corrected chi connectivity index (χ0v) is 17.1. The average Bonchev–Trinajstić information content (AvgIpc) is 3.14. The number of thiazole rings is 1. The number of nitrogens with one attached hydrogen (secondary N) is 1. The van der Waals surface area contributed by atoms with E-state index in [1.807, 2.05) is 25.1 Å². The van der Waals surface area contributed by atoms with E-state index < -0.39 is 0 Å². The number of amides is 1. The van der Waals surface area contributed by atoms with Crippen LogP contribution in [0.4, 0.5) is 0 Å². The second-order valence-electron chi connectivity index (χ2n) is 6.41. The van der Waals surface area contributed by atoms with E-state index in [0.717, 1.165) is 28.2 Å². The SMILES string of the molecule is COc1ccc(CC(=O)NCCc2ccc(-c3csc(C)n3)cc2)cc1OC. The molecule has 5 nitrogen and oxygen atoms in total. The van der Waals surface area contributed by atoms with E-state index in [-0.39, 0.29) is 5.91 Å². The summed E-state index contributed by atoms with van der Waals surface area (Å²) in [6.07, 6.45) is 1.09. The van der Waals surface area contributed by atoms with Crippen LogP contribution in [-0.2, 0) is 17.6 Å². The van der Waals surface area contributed by atoms with Gasteiger partial charge >= 0.3 is 0 Å². The fraction of sp³-hybridized carbons (Fsp3) is 0.273. The molecule has 0 fully saturated rings. The van der Waals surface area contributed by atoms with Gasteiger partial charge in [-0.15, -0.1) is 11.3 Å². The molecule has 1 aromatic heterocycles. The summed E-state index contributed by atoms with van der Waals surface area (Å²) in [6.45, 7) is 2.61. The molecule has 0 unspecified atom stereocenters. The normalized spacial score (nSPS) is 10.5. The first-order valence-corrected chi connectivity index (χ1v) is 9.96. The summed E-state index contributed by atoms with van der Waals surface area (Å²) in [7, 11) is 3.18. The van der Waals surface area contributed by atoms with Gasteiger partial charge in [-0.05, 0) is 36.6 Å². The molecule has 0 aliphatic heterocycles. The second kappa shape index (κ2) is 9.37. The summed E-state index contributed by atoms with van der Waals surface area (Å²) in [4.78, 5) is 16.7. The van der Waals surface area contributed by atoms with Crippen LogP contribution in [0.2, 0.25) is 0 Å². The van der Waals surface area contributed by atoms with Crippen molar-refractivity contribution in [3.05, 3.63) is 64.0 Å². The minimum Gasteiger partial charge on any atom is -0.493 e. The number of ether oxygens (including phenoxy) is 2. The molecule has 28 heavy (non-hydrogen) atoms. The molecule has 1 N–H and O–H groups in total. The lowest BCUT2D eigenvalue weighted by Crippen LogP contribution is -2.27. The molecule has 0 radical (unpaired) electrons. The Morgan fingerprint density at radius 3 is 2.39 bits per heavy atom. The smallest absolute Gasteiger partial charge is 0.224 e. The van der Waals surface area contributed by atoms with Gasteiger partial charge in [0, 0.05) is 17.5 Å². The van der Waals surface area contributed by atoms with Crippen molar-refractivity contribution in [3.8, 4) is 22.8 Å². The van der Waals surface area contributed by atoms with Crippen LogP contribution in [0.1, 0.15) is 16.1 Å². The first-order chi connectivity index (χ1) is 13.6. The number of aromatic nitrogens is 1. The number of hydrogen-bond acceptors (Lipinski definition) is 5. The third-order valence-corrected chi connectivity index (χ3v) is 5.19. The largest absolute Gasteiger partial charge is 0.493 e. The lowest BCUT2D eigenvalue weighted by molar-refractivity contribution is -0.120. The summed E-state index contributed by atoms with van der Waals surface area (Å²) in [6, 6.07) is 13.9. The Kier molecular flexibility index (Phi) is 6.66. The van der Waals surface area contributed by atoms with Crippen molar-refractivity contribution in [1.82, 2.24) is 10.3 Å². The van der Waals surface area contributed by atoms with Crippen LogP contribution in [0.3, 0.4) is 0 Å². The molecule has 2 aromatic carbocycles. The summed E-state index contributed by atoms with van der Waals surface area (Å²) < 4.78 is 10.5. The third-order valence-electron chi connectivity index (χ3n) is 4.42. The standard InChI is InChI=1S/C22H24N2O3S/c1-15-24-19(14-28-15)18-7-4-16(5-8-18)10-11-23-22(25)13-17-6-9-20(26-2)21(12-17)27-3/h4-9,12,14H,10-11,13H2,1-3H3,(H,23,25). The monoisotopic (exact) mass is 396 g/mol. The first-order valence-electron chi connectivity index (χ1n) is 9.08. The van der Waals surface area contributed by atoms with Crippen LogP contribution in [0.15, 0.2) is 47.8 Å². The third kappa shape index (κ3) is 5.10. The minimum absolute atomic E-state index is 0.0122. The summed E-state index contributed by atoms with van der Waals surface area (Å²) in [5, 5.41) is 6.11. The molecule has 0 aliphatic rings. The Balaban J connectivity index is 1.49. The first kappa shape index (κ1) is 19.9. The van der Waals surface area contributed by atoms with Gasteiger partial charge in [-0.25, -0.2) is 4.98 Å². The molecule has 0 spiro atoms. The van der Waals surface area contributed by atoms with Crippen LogP contribution in [-0.4, -0.2) is 31.7 Å². The quantitative estimate of drug-likeness (QED) is 0.624. The maximum absolute atomic E-state index is 12.2. The highest BCUT2D eigenvalue weighted by Crippen LogP contribution is 2.27. The van der Waals surface area contributed by atoms with Gasteiger partial charge in [-0.3, -0.25) is 4.79 Å². The van der Waals surface area contributed by atoms with E-state index in [1.165, 1.54) is 5.56 Å². The van der Waals surface area contributed by atoms with Crippen molar-refractivity contribution in [2.45, 2.75) is 19.8 Å². The minimum atomic E-state index is -0.0122. The van der Waals surface area contributed by atoms with Crippen molar-refractivity contribution in [2.24, 2.45) is 0 Å². The summed E-state index contributed by atoms with van der Waals surface area (Å²) in [5.41, 5.74) is 4.20. The average molecular weight is 397 g/mol. The molecule has 0 bridgehead atoms. The fourth-order valence-electron chi connectivity index (χ4n) is 2.92. The van der Waals surface area contributed by atoms with Gasteiger partial charge in [-0.1, -0.05) is 30.3 Å². The highest BCUT2D eigenvalue weighted by molar-refractivity contribution is 7.09. The lowest BCUT2D eigenvalue weighted by Gasteiger charge is -2.10. The zero-order valence-electron chi connectivity index (χ0n) is 16.3. The molecule has 3 rings (SSSR count). The lowest BCUT2D eigenvalue weighted by atomic mass is 10.1. The molecule has 3 aromatic rings. The van der Waals surface area contributed by atoms with Crippen molar-refractivity contribution < 1.29 is 14.3 Å². The van der Waals surface area contributed by atoms with E-state index in [2.05, 4.69) is 39.9 Å². The van der Waals surface area contributed by atoms with E-state index >= 15 is 0 Å². The molecule has 0 saturated heterocycles. The summed E-state index contributed by atoms with van der Waals surface area (Å²) >= 11 is 1.65. The number of rotatable bonds is 8. The maximum Gasteiger partial charge on any atom is 0.224 e. The Morgan fingerprint density at radius 2 is 1.75 bits per heavy atom. The van der Waals surface area contributed by atoms with Gasteiger partial charge in [0.25, 0.3) is 0 Å². The zero-order chi connectivity index (χ0) is 19.9. The Bertz CT molecular complexity index is 935. The van der Waals surface area contributed by atoms with E-state index in [0.29, 0.717) is 24.5 Å². The Morgan fingerprint density at radius 1 is 1.04 bits per heavy atom. The van der Waals surface area contributed by atoms with Crippen molar-refractivity contribution in [1.29, 1.82) is 0 Å². The molecule has 0 atom stereocenters. The molecular formula is C22H24N2O3S. The van der Waals surface area contributed by atoms with Gasteiger partial charge in [0.05, 0.1) is 31.3 Å². The number of carbonyl (C=O) groups is 1. The molecule has 1 amide bonds. The number of aryl methyl sites for hydroxylation is 1. The summed E-state index contributed by atoms with van der Waals surface area (Å²) in [5.74, 6) is 1.27. The molecule has 6 heteroatoms. The topological polar surface area (TPSA) is 60.5 Å². The number of carbonyl (C=O) groups excluding carboxylic acids is 1. The predicted octanol–water partition coefficient (Wildman–Crippen LogP) is 4.04. The van der Waals surface area contributed by atoms with Gasteiger partial charge in [0.2, 0.25) is 5.91 Å². The number of hydrogen-bond donors (Lipinski definition) is 1. The van der Waals surface area contributed by atoms with Crippen LogP contribution in [0.5, 0.6) is 11.5 Å².